The Morgan fingerprint density at radius 1 is 1.12 bits per heavy atom. The quantitative estimate of drug-likeness (QED) is 0.459. The monoisotopic (exact) mass is 528 g/mol. The van der Waals surface area contributed by atoms with Gasteiger partial charge >= 0.3 is 0 Å². The third-order valence-corrected chi connectivity index (χ3v) is 8.22. The van der Waals surface area contributed by atoms with Gasteiger partial charge in [0.15, 0.2) is 5.13 Å². The van der Waals surface area contributed by atoms with E-state index < -0.39 is 32.0 Å². The van der Waals surface area contributed by atoms with Crippen molar-refractivity contribution in [3.63, 3.8) is 0 Å². The van der Waals surface area contributed by atoms with E-state index in [1.54, 1.807) is 24.4 Å². The number of nitrogens with one attached hydrogen (secondary N) is 2. The number of amides is 1. The van der Waals surface area contributed by atoms with Gasteiger partial charge in [0.1, 0.15) is 6.04 Å². The Hall–Kier alpha value is -2.67. The molecule has 1 unspecified atom stereocenters. The maximum absolute atomic E-state index is 12.9. The molecule has 0 saturated carbocycles. The van der Waals surface area contributed by atoms with E-state index in [1.807, 2.05) is 0 Å². The number of halogens is 1. The average molecular weight is 529 g/mol. The first kappa shape index (κ1) is 25.0. The molecule has 0 aliphatic carbocycles. The lowest BCUT2D eigenvalue weighted by Crippen LogP contribution is -2.45. The Labute approximate surface area is 201 Å². The van der Waals surface area contributed by atoms with Gasteiger partial charge in [-0.1, -0.05) is 17.7 Å². The number of thiazole rings is 1. The molecule has 1 heterocycles. The van der Waals surface area contributed by atoms with Crippen LogP contribution in [0.3, 0.4) is 0 Å². The molecule has 0 spiro atoms. The van der Waals surface area contributed by atoms with E-state index in [0.717, 1.165) is 21.9 Å². The average Bonchev–Trinajstić information content (AvgIpc) is 3.22. The molecule has 0 bridgehead atoms. The van der Waals surface area contributed by atoms with E-state index in [4.69, 9.17) is 11.6 Å². The van der Waals surface area contributed by atoms with E-state index >= 15 is 0 Å². The van der Waals surface area contributed by atoms with Crippen molar-refractivity contribution in [1.82, 2.24) is 4.98 Å². The molecule has 0 fully saturated rings. The van der Waals surface area contributed by atoms with Crippen LogP contribution in [0.2, 0.25) is 5.02 Å². The molecule has 1 amide bonds. The summed E-state index contributed by atoms with van der Waals surface area (Å²) in [4.78, 5) is 16.7. The van der Waals surface area contributed by atoms with Crippen LogP contribution in [0.5, 0.6) is 0 Å². The summed E-state index contributed by atoms with van der Waals surface area (Å²) in [5.41, 5.74) is 1.23. The van der Waals surface area contributed by atoms with Crippen LogP contribution in [0.15, 0.2) is 58.9 Å². The molecule has 0 aliphatic rings. The second kappa shape index (κ2) is 9.67. The Balaban J connectivity index is 1.80. The van der Waals surface area contributed by atoms with Crippen molar-refractivity contribution in [1.29, 1.82) is 0 Å². The van der Waals surface area contributed by atoms with E-state index in [-0.39, 0.29) is 10.0 Å². The van der Waals surface area contributed by atoms with Crippen LogP contribution in [0.25, 0.3) is 0 Å². The zero-order valence-electron chi connectivity index (χ0n) is 17.8. The van der Waals surface area contributed by atoms with Crippen LogP contribution < -0.4 is 14.3 Å². The predicted molar refractivity (Wildman–Crippen MR) is 131 cm³/mol. The summed E-state index contributed by atoms with van der Waals surface area (Å²) in [5, 5.41) is 4.83. The van der Waals surface area contributed by atoms with Crippen molar-refractivity contribution in [3.8, 4) is 0 Å². The molecule has 1 aromatic heterocycles. The maximum atomic E-state index is 12.9. The Bertz CT molecular complexity index is 1360. The third-order valence-electron chi connectivity index (χ3n) is 4.58. The first-order chi connectivity index (χ1) is 15.4. The minimum Gasteiger partial charge on any atom is -0.324 e. The second-order valence-corrected chi connectivity index (χ2v) is 12.0. The van der Waals surface area contributed by atoms with Gasteiger partial charge in [-0.3, -0.25) is 13.8 Å². The predicted octanol–water partition coefficient (Wildman–Crippen LogP) is 3.70. The molecule has 2 aromatic carbocycles. The number of aryl methyl sites for hydroxylation is 1. The summed E-state index contributed by atoms with van der Waals surface area (Å²) < 4.78 is 53.3. The number of anilines is 3. The Morgan fingerprint density at radius 3 is 2.36 bits per heavy atom. The smallest absolute Gasteiger partial charge is 0.263 e. The highest BCUT2D eigenvalue weighted by molar-refractivity contribution is 7.93. The van der Waals surface area contributed by atoms with Crippen LogP contribution in [0, 0.1) is 6.92 Å². The lowest BCUT2D eigenvalue weighted by atomic mass is 10.1. The molecule has 1 atom stereocenters. The van der Waals surface area contributed by atoms with Crippen molar-refractivity contribution in [3.05, 3.63) is 64.6 Å². The standard InChI is InChI=1S/C20H21ClN4O5S3/c1-13-4-5-15(21)12-18(13)25(32(3,27)28)14(2)19(26)23-16-6-8-17(9-7-16)33(29,30)24-20-22-10-11-31-20/h4-12,14H,1-3H3,(H,22,24)(H,23,26). The summed E-state index contributed by atoms with van der Waals surface area (Å²) in [6, 6.07) is 9.15. The fourth-order valence-corrected chi connectivity index (χ4v) is 6.19. The van der Waals surface area contributed by atoms with Crippen molar-refractivity contribution >= 4 is 65.4 Å². The highest BCUT2D eigenvalue weighted by Crippen LogP contribution is 2.29. The number of carbonyl (C=O) groups is 1. The zero-order chi connectivity index (χ0) is 24.4. The lowest BCUT2D eigenvalue weighted by molar-refractivity contribution is -0.116. The van der Waals surface area contributed by atoms with Crippen molar-refractivity contribution in [2.45, 2.75) is 24.8 Å². The highest BCUT2D eigenvalue weighted by atomic mass is 35.5. The number of benzene rings is 2. The summed E-state index contributed by atoms with van der Waals surface area (Å²) in [6.45, 7) is 3.17. The van der Waals surface area contributed by atoms with Gasteiger partial charge in [-0.25, -0.2) is 21.8 Å². The van der Waals surface area contributed by atoms with Crippen LogP contribution in [0.1, 0.15) is 12.5 Å². The number of carbonyl (C=O) groups excluding carboxylic acids is 1. The Morgan fingerprint density at radius 2 is 1.79 bits per heavy atom. The first-order valence-corrected chi connectivity index (χ1v) is 14.1. The van der Waals surface area contributed by atoms with Crippen molar-refractivity contribution in [2.75, 3.05) is 20.6 Å². The van der Waals surface area contributed by atoms with Gasteiger partial charge in [0.05, 0.1) is 16.8 Å². The van der Waals surface area contributed by atoms with Gasteiger partial charge in [0.25, 0.3) is 10.0 Å². The number of hydrogen-bond acceptors (Lipinski definition) is 7. The minimum absolute atomic E-state index is 0.0175. The van der Waals surface area contributed by atoms with Gasteiger partial charge in [0, 0.05) is 22.3 Å². The third kappa shape index (κ3) is 6.02. The first-order valence-electron chi connectivity index (χ1n) is 9.47. The minimum atomic E-state index is -3.84. The van der Waals surface area contributed by atoms with Crippen LogP contribution in [-0.4, -0.2) is 40.0 Å². The fourth-order valence-electron chi connectivity index (χ4n) is 3.01. The lowest BCUT2D eigenvalue weighted by Gasteiger charge is -2.29. The van der Waals surface area contributed by atoms with Crippen LogP contribution in [-0.2, 0) is 24.8 Å². The highest BCUT2D eigenvalue weighted by Gasteiger charge is 2.30. The normalized spacial score (nSPS) is 12.7. The van der Waals surface area contributed by atoms with E-state index in [2.05, 4.69) is 15.0 Å². The fraction of sp³-hybridized carbons (Fsp3) is 0.200. The number of aromatic nitrogens is 1. The zero-order valence-corrected chi connectivity index (χ0v) is 21.0. The van der Waals surface area contributed by atoms with E-state index in [0.29, 0.717) is 22.0 Å². The summed E-state index contributed by atoms with van der Waals surface area (Å²) in [6.07, 6.45) is 2.49. The molecule has 0 aliphatic heterocycles. The second-order valence-electron chi connectivity index (χ2n) is 7.12. The molecule has 0 saturated heterocycles. The van der Waals surface area contributed by atoms with E-state index in [1.165, 1.54) is 43.5 Å². The number of sulfonamides is 2. The maximum Gasteiger partial charge on any atom is 0.263 e. The molecule has 2 N–H and O–H groups in total. The van der Waals surface area contributed by atoms with Crippen molar-refractivity contribution in [2.24, 2.45) is 0 Å². The summed E-state index contributed by atoms with van der Waals surface area (Å²) in [5.74, 6) is -0.601. The summed E-state index contributed by atoms with van der Waals surface area (Å²) >= 11 is 7.19. The number of nitrogens with zero attached hydrogens (tertiary/aromatic N) is 2. The topological polar surface area (TPSA) is 126 Å². The molecule has 0 radical (unpaired) electrons. The van der Waals surface area contributed by atoms with Crippen LogP contribution in [0.4, 0.5) is 16.5 Å². The van der Waals surface area contributed by atoms with Gasteiger partial charge in [-0.2, -0.15) is 0 Å². The SMILES string of the molecule is Cc1ccc(Cl)cc1N(C(C)C(=O)Nc1ccc(S(=O)(=O)Nc2nccs2)cc1)S(C)(=O)=O. The molecule has 3 aromatic rings. The molecule has 3 rings (SSSR count). The van der Waals surface area contributed by atoms with Gasteiger partial charge in [-0.15, -0.1) is 11.3 Å². The van der Waals surface area contributed by atoms with Gasteiger partial charge < -0.3 is 5.32 Å². The number of hydrogen-bond donors (Lipinski definition) is 2. The largest absolute Gasteiger partial charge is 0.324 e. The van der Waals surface area contributed by atoms with Gasteiger partial charge in [-0.05, 0) is 55.8 Å². The van der Waals surface area contributed by atoms with E-state index in [9.17, 15) is 21.6 Å². The Kier molecular flexibility index (Phi) is 7.32. The number of rotatable bonds is 8. The molecule has 9 nitrogen and oxygen atoms in total. The molecule has 176 valence electrons. The molecular weight excluding hydrogens is 508 g/mol. The summed E-state index contributed by atoms with van der Waals surface area (Å²) in [7, 11) is -7.66. The molecule has 33 heavy (non-hydrogen) atoms. The van der Waals surface area contributed by atoms with Crippen molar-refractivity contribution < 1.29 is 21.6 Å². The molecular formula is C20H21ClN4O5S3. The van der Waals surface area contributed by atoms with Gasteiger partial charge in [0.2, 0.25) is 15.9 Å². The molecule has 13 heteroatoms. The van der Waals surface area contributed by atoms with Crippen LogP contribution >= 0.6 is 22.9 Å².